The van der Waals surface area contributed by atoms with Gasteiger partial charge in [-0.25, -0.2) is 0 Å². The Morgan fingerprint density at radius 3 is 2.78 bits per heavy atom. The molecule has 3 saturated carbocycles. The number of fused-ring (bicyclic) bond motifs is 5. The summed E-state index contributed by atoms with van der Waals surface area (Å²) in [6.07, 6.45) is 17.5. The Hall–Kier alpha value is -1.76. The van der Waals surface area contributed by atoms with Crippen LogP contribution in [0.2, 0.25) is 0 Å². The van der Waals surface area contributed by atoms with E-state index in [1.165, 1.54) is 18.9 Å². The summed E-state index contributed by atoms with van der Waals surface area (Å²) in [6.45, 7) is 3.72. The number of allylic oxidation sites excluding steroid dienone is 2. The van der Waals surface area contributed by atoms with Crippen LogP contribution in [0.4, 0.5) is 0 Å². The van der Waals surface area contributed by atoms with Gasteiger partial charge in [-0.15, -0.1) is 6.42 Å². The number of carbonyl (C=O) groups is 1. The Labute approximate surface area is 162 Å². The van der Waals surface area contributed by atoms with Crippen LogP contribution in [0.1, 0.15) is 71.6 Å². The molecule has 4 heteroatoms. The minimum atomic E-state index is -0.720. The molecule has 0 amide bonds. The van der Waals surface area contributed by atoms with E-state index < -0.39 is 5.60 Å². The van der Waals surface area contributed by atoms with Crippen molar-refractivity contribution in [3.05, 3.63) is 11.6 Å². The number of hydrogen-bond donors (Lipinski definition) is 1. The molecule has 4 nitrogen and oxygen atoms in total. The van der Waals surface area contributed by atoms with Crippen LogP contribution in [-0.4, -0.2) is 22.5 Å². The molecule has 0 bridgehead atoms. The maximum Gasteiger partial charge on any atom is 0.304 e. The molecule has 4 rings (SSSR count). The zero-order chi connectivity index (χ0) is 19.2. The lowest BCUT2D eigenvalue weighted by molar-refractivity contribution is -0.170. The minimum Gasteiger partial charge on any atom is -0.445 e. The highest BCUT2D eigenvalue weighted by atomic mass is 16.6. The van der Waals surface area contributed by atoms with Crippen LogP contribution in [-0.2, 0) is 9.53 Å². The fraction of sp³-hybridized carbons (Fsp3) is 0.739. The van der Waals surface area contributed by atoms with Gasteiger partial charge in [-0.05, 0) is 87.5 Å². The lowest BCUT2D eigenvalue weighted by atomic mass is 9.49. The SMILES string of the molecule is C#C[C@]1(OC(C)=O)CC[C@@H]2[C@@H]3CCC4=C/C(=N/O)CC[C@@H]4[C@H]3CC[C@@]21CC. The highest BCUT2D eigenvalue weighted by Crippen LogP contribution is 2.67. The number of nitrogens with zero attached hydrogens (tertiary/aromatic N) is 1. The van der Waals surface area contributed by atoms with E-state index in [9.17, 15) is 4.79 Å². The van der Waals surface area contributed by atoms with E-state index in [1.54, 1.807) is 0 Å². The monoisotopic (exact) mass is 369 g/mol. The normalized spacial score (nSPS) is 44.5. The summed E-state index contributed by atoms with van der Waals surface area (Å²) in [4.78, 5) is 11.9. The molecule has 4 aliphatic carbocycles. The number of esters is 1. The zero-order valence-corrected chi connectivity index (χ0v) is 16.5. The van der Waals surface area contributed by atoms with E-state index in [2.05, 4.69) is 24.1 Å². The van der Waals surface area contributed by atoms with Crippen LogP contribution in [0.5, 0.6) is 0 Å². The quantitative estimate of drug-likeness (QED) is 0.332. The standard InChI is InChI=1S/C23H31NO3/c1-4-22-12-10-19-18-9-7-17(24-26)14-16(18)6-8-20(19)21(22)11-13-23(22,5-2)27-15(3)25/h2,14,18-21,26H,4,6-13H2,1,3H3/b24-17+/t18-,19+,20+,21+,22-,23-/m0/s1. The molecule has 0 radical (unpaired) electrons. The summed E-state index contributed by atoms with van der Waals surface area (Å²) in [5.41, 5.74) is 1.53. The van der Waals surface area contributed by atoms with Gasteiger partial charge in [-0.1, -0.05) is 23.6 Å². The third-order valence-electron chi connectivity index (χ3n) is 8.45. The molecule has 0 spiro atoms. The third kappa shape index (κ3) is 2.57. The molecule has 4 aliphatic rings. The molecule has 0 aromatic rings. The topological polar surface area (TPSA) is 58.9 Å². The Bertz CT molecular complexity index is 732. The van der Waals surface area contributed by atoms with E-state index in [4.69, 9.17) is 16.4 Å². The average Bonchev–Trinajstić information content (AvgIpc) is 3.01. The van der Waals surface area contributed by atoms with Gasteiger partial charge in [0.05, 0.1) is 5.71 Å². The molecular weight excluding hydrogens is 338 g/mol. The van der Waals surface area contributed by atoms with Crippen LogP contribution in [0.15, 0.2) is 16.8 Å². The van der Waals surface area contributed by atoms with Crippen LogP contribution in [0.3, 0.4) is 0 Å². The second-order valence-electron chi connectivity index (χ2n) is 9.08. The predicted octanol–water partition coefficient (Wildman–Crippen LogP) is 4.71. The number of carbonyl (C=O) groups excluding carboxylic acids is 1. The molecule has 0 aromatic carbocycles. The van der Waals surface area contributed by atoms with Crippen LogP contribution in [0, 0.1) is 41.4 Å². The van der Waals surface area contributed by atoms with Gasteiger partial charge in [0.1, 0.15) is 0 Å². The Morgan fingerprint density at radius 2 is 2.11 bits per heavy atom. The number of ether oxygens (including phenoxy) is 1. The van der Waals surface area contributed by atoms with Crippen molar-refractivity contribution in [3.63, 3.8) is 0 Å². The van der Waals surface area contributed by atoms with Crippen molar-refractivity contribution >= 4 is 11.7 Å². The van der Waals surface area contributed by atoms with Gasteiger partial charge < -0.3 is 9.94 Å². The molecule has 0 aromatic heterocycles. The maximum absolute atomic E-state index is 11.9. The van der Waals surface area contributed by atoms with Crippen LogP contribution in [0.25, 0.3) is 0 Å². The van der Waals surface area contributed by atoms with Gasteiger partial charge in [0, 0.05) is 12.3 Å². The first-order chi connectivity index (χ1) is 13.0. The van der Waals surface area contributed by atoms with Crippen molar-refractivity contribution in [1.29, 1.82) is 0 Å². The van der Waals surface area contributed by atoms with Crippen molar-refractivity contribution in [2.75, 3.05) is 0 Å². The first kappa shape index (κ1) is 18.6. The molecule has 0 unspecified atom stereocenters. The summed E-state index contributed by atoms with van der Waals surface area (Å²) >= 11 is 0. The molecule has 0 heterocycles. The molecule has 3 fully saturated rings. The second-order valence-corrected chi connectivity index (χ2v) is 9.08. The summed E-state index contributed by atoms with van der Waals surface area (Å²) in [7, 11) is 0. The first-order valence-corrected chi connectivity index (χ1v) is 10.6. The van der Waals surface area contributed by atoms with E-state index in [-0.39, 0.29) is 11.4 Å². The predicted molar refractivity (Wildman–Crippen MR) is 104 cm³/mol. The largest absolute Gasteiger partial charge is 0.445 e. The minimum absolute atomic E-state index is 0.0673. The van der Waals surface area contributed by atoms with Gasteiger partial charge >= 0.3 is 5.97 Å². The van der Waals surface area contributed by atoms with Gasteiger partial charge in [0.15, 0.2) is 5.60 Å². The third-order valence-corrected chi connectivity index (χ3v) is 8.45. The maximum atomic E-state index is 11.9. The summed E-state index contributed by atoms with van der Waals surface area (Å²) in [5.74, 6) is 5.25. The Kier molecular flexibility index (Phi) is 4.61. The fourth-order valence-electron chi connectivity index (χ4n) is 7.45. The number of hydrogen-bond acceptors (Lipinski definition) is 4. The second kappa shape index (κ2) is 6.69. The van der Waals surface area contributed by atoms with E-state index >= 15 is 0 Å². The summed E-state index contributed by atoms with van der Waals surface area (Å²) in [6, 6.07) is 0. The van der Waals surface area contributed by atoms with Gasteiger partial charge in [-0.3, -0.25) is 4.79 Å². The van der Waals surface area contributed by atoms with Crippen molar-refractivity contribution in [3.8, 4) is 12.3 Å². The number of rotatable bonds is 2. The first-order valence-electron chi connectivity index (χ1n) is 10.6. The molecular formula is C23H31NO3. The molecule has 0 aliphatic heterocycles. The average molecular weight is 370 g/mol. The Morgan fingerprint density at radius 1 is 1.30 bits per heavy atom. The molecule has 27 heavy (non-hydrogen) atoms. The molecule has 0 saturated heterocycles. The van der Waals surface area contributed by atoms with Gasteiger partial charge in [0.2, 0.25) is 0 Å². The zero-order valence-electron chi connectivity index (χ0n) is 16.5. The van der Waals surface area contributed by atoms with E-state index in [0.717, 1.165) is 57.1 Å². The number of terminal acetylenes is 1. The smallest absolute Gasteiger partial charge is 0.304 e. The van der Waals surface area contributed by atoms with Gasteiger partial charge in [0.25, 0.3) is 0 Å². The molecule has 1 N–H and O–H groups in total. The van der Waals surface area contributed by atoms with Crippen LogP contribution >= 0.6 is 0 Å². The summed E-state index contributed by atoms with van der Waals surface area (Å²) < 4.78 is 5.90. The lowest BCUT2D eigenvalue weighted by Crippen LogP contribution is -2.55. The lowest BCUT2D eigenvalue weighted by Gasteiger charge is -2.56. The highest BCUT2D eigenvalue weighted by Gasteiger charge is 2.65. The van der Waals surface area contributed by atoms with E-state index in [0.29, 0.717) is 23.7 Å². The molecule has 146 valence electrons. The van der Waals surface area contributed by atoms with Crippen molar-refractivity contribution in [2.24, 2.45) is 34.2 Å². The fourth-order valence-corrected chi connectivity index (χ4v) is 7.45. The summed E-state index contributed by atoms with van der Waals surface area (Å²) in [5, 5.41) is 12.6. The van der Waals surface area contributed by atoms with Crippen molar-refractivity contribution < 1.29 is 14.7 Å². The van der Waals surface area contributed by atoms with Crippen molar-refractivity contribution in [2.45, 2.75) is 77.2 Å². The van der Waals surface area contributed by atoms with E-state index in [1.807, 2.05) is 0 Å². The van der Waals surface area contributed by atoms with Crippen LogP contribution < -0.4 is 0 Å². The highest BCUT2D eigenvalue weighted by molar-refractivity contribution is 5.96. The Balaban J connectivity index is 1.66. The number of oxime groups is 1. The van der Waals surface area contributed by atoms with Crippen molar-refractivity contribution in [1.82, 2.24) is 0 Å². The molecule has 6 atom stereocenters. The van der Waals surface area contributed by atoms with Gasteiger partial charge in [-0.2, -0.15) is 0 Å².